The van der Waals surface area contributed by atoms with Crippen molar-refractivity contribution in [1.29, 1.82) is 0 Å². The number of carbonyl (C=O) groups is 1. The van der Waals surface area contributed by atoms with E-state index in [1.807, 2.05) is 36.7 Å². The van der Waals surface area contributed by atoms with E-state index in [9.17, 15) is 9.18 Å². The number of pyridine rings is 1. The number of aryl methyl sites for hydroxylation is 2. The maximum absolute atomic E-state index is 13.2. The standard InChI is InChI=1S/C35H43FN2O4/c1-35(2)25-30(28-14-16-37-17-15-28)34-31(41-33(39)9-6-18-38-19-21-40-22-20-38)23-27(24-32(34)42-35)8-5-3-4-7-26-10-12-29(36)13-11-26/h10-17,23-24,30H,3-9,18-22,25H2,1-2H3. The first-order valence-corrected chi connectivity index (χ1v) is 15.4. The van der Waals surface area contributed by atoms with E-state index >= 15 is 0 Å². The van der Waals surface area contributed by atoms with Gasteiger partial charge in [-0.05, 0) is 112 Å². The van der Waals surface area contributed by atoms with Crippen molar-refractivity contribution in [3.63, 3.8) is 0 Å². The Labute approximate surface area is 249 Å². The SMILES string of the molecule is CC1(C)CC(c2ccncc2)c2c(OC(=O)CCCN3CCOCC3)cc(CCCCCc3ccc(F)cc3)cc2O1. The monoisotopic (exact) mass is 574 g/mol. The minimum absolute atomic E-state index is 0.0349. The first kappa shape index (κ1) is 30.2. The molecule has 2 aromatic carbocycles. The summed E-state index contributed by atoms with van der Waals surface area (Å²) in [5.74, 6) is 1.04. The van der Waals surface area contributed by atoms with Crippen molar-refractivity contribution in [2.45, 2.75) is 76.7 Å². The molecule has 2 aliphatic heterocycles. The minimum Gasteiger partial charge on any atom is -0.487 e. The molecule has 1 atom stereocenters. The van der Waals surface area contributed by atoms with Gasteiger partial charge in [-0.1, -0.05) is 18.6 Å². The molecule has 1 aromatic heterocycles. The second-order valence-corrected chi connectivity index (χ2v) is 12.1. The van der Waals surface area contributed by atoms with Crippen LogP contribution in [0.25, 0.3) is 0 Å². The molecule has 7 heteroatoms. The quantitative estimate of drug-likeness (QED) is 0.133. The molecule has 3 heterocycles. The van der Waals surface area contributed by atoms with Crippen LogP contribution >= 0.6 is 0 Å². The van der Waals surface area contributed by atoms with Crippen LogP contribution < -0.4 is 9.47 Å². The number of nitrogens with zero attached hydrogens (tertiary/aromatic N) is 2. The van der Waals surface area contributed by atoms with Gasteiger partial charge in [0.2, 0.25) is 0 Å². The molecule has 0 radical (unpaired) electrons. The Morgan fingerprint density at radius 2 is 1.69 bits per heavy atom. The molecule has 0 saturated carbocycles. The van der Waals surface area contributed by atoms with Crippen LogP contribution in [-0.2, 0) is 22.4 Å². The Balaban J connectivity index is 1.30. The summed E-state index contributed by atoms with van der Waals surface area (Å²) in [6.07, 6.45) is 10.4. The number of esters is 1. The molecule has 0 N–H and O–H groups in total. The molecule has 2 aliphatic rings. The lowest BCUT2D eigenvalue weighted by molar-refractivity contribution is -0.134. The lowest BCUT2D eigenvalue weighted by Gasteiger charge is -2.39. The van der Waals surface area contributed by atoms with E-state index in [2.05, 4.69) is 35.9 Å². The van der Waals surface area contributed by atoms with E-state index in [-0.39, 0.29) is 23.3 Å². The third-order valence-corrected chi connectivity index (χ3v) is 8.23. The normalized spacial score (nSPS) is 18.2. The lowest BCUT2D eigenvalue weighted by Crippen LogP contribution is -2.37. The van der Waals surface area contributed by atoms with Crippen LogP contribution in [0.5, 0.6) is 11.5 Å². The predicted molar refractivity (Wildman–Crippen MR) is 162 cm³/mol. The largest absolute Gasteiger partial charge is 0.487 e. The van der Waals surface area contributed by atoms with Gasteiger partial charge in [0.05, 0.1) is 13.2 Å². The zero-order valence-electron chi connectivity index (χ0n) is 24.9. The summed E-state index contributed by atoms with van der Waals surface area (Å²) in [7, 11) is 0. The molecule has 0 spiro atoms. The third-order valence-electron chi connectivity index (χ3n) is 8.23. The number of rotatable bonds is 12. The summed E-state index contributed by atoms with van der Waals surface area (Å²) < 4.78 is 31.3. The summed E-state index contributed by atoms with van der Waals surface area (Å²) in [5, 5.41) is 0. The van der Waals surface area contributed by atoms with Gasteiger partial charge >= 0.3 is 5.97 Å². The van der Waals surface area contributed by atoms with Gasteiger partial charge < -0.3 is 14.2 Å². The average molecular weight is 575 g/mol. The van der Waals surface area contributed by atoms with Gasteiger partial charge in [0.15, 0.2) is 0 Å². The molecule has 6 nitrogen and oxygen atoms in total. The van der Waals surface area contributed by atoms with Gasteiger partial charge in [-0.2, -0.15) is 0 Å². The summed E-state index contributed by atoms with van der Waals surface area (Å²) in [5.41, 5.74) is 3.99. The van der Waals surface area contributed by atoms with Crippen LogP contribution in [0.4, 0.5) is 4.39 Å². The number of unbranched alkanes of at least 4 members (excludes halogenated alkanes) is 2. The van der Waals surface area contributed by atoms with Crippen molar-refractivity contribution >= 4 is 5.97 Å². The molecular formula is C35H43FN2O4. The van der Waals surface area contributed by atoms with Gasteiger partial charge in [0.1, 0.15) is 22.9 Å². The van der Waals surface area contributed by atoms with Gasteiger partial charge in [0.25, 0.3) is 0 Å². The molecule has 1 saturated heterocycles. The highest BCUT2D eigenvalue weighted by Gasteiger charge is 2.37. The number of aromatic nitrogens is 1. The maximum atomic E-state index is 13.2. The molecule has 0 aliphatic carbocycles. The van der Waals surface area contributed by atoms with Crippen LogP contribution in [0.2, 0.25) is 0 Å². The van der Waals surface area contributed by atoms with E-state index in [4.69, 9.17) is 14.2 Å². The Bertz CT molecular complexity index is 1310. The van der Waals surface area contributed by atoms with E-state index in [1.54, 1.807) is 0 Å². The highest BCUT2D eigenvalue weighted by molar-refractivity contribution is 5.74. The number of benzene rings is 2. The molecular weight excluding hydrogens is 531 g/mol. The van der Waals surface area contributed by atoms with Gasteiger partial charge in [-0.25, -0.2) is 4.39 Å². The highest BCUT2D eigenvalue weighted by Crippen LogP contribution is 2.49. The fourth-order valence-electron chi connectivity index (χ4n) is 6.06. The van der Waals surface area contributed by atoms with Crippen LogP contribution in [0, 0.1) is 5.82 Å². The van der Waals surface area contributed by atoms with Crippen molar-refractivity contribution in [3.8, 4) is 11.5 Å². The van der Waals surface area contributed by atoms with Gasteiger partial charge in [-0.15, -0.1) is 0 Å². The molecule has 1 unspecified atom stereocenters. The molecule has 224 valence electrons. The van der Waals surface area contributed by atoms with Crippen molar-refractivity contribution in [2.24, 2.45) is 0 Å². The van der Waals surface area contributed by atoms with E-state index < -0.39 is 0 Å². The number of halogens is 1. The number of carbonyl (C=O) groups excluding carboxylic acids is 1. The molecule has 1 fully saturated rings. The Morgan fingerprint density at radius 1 is 0.976 bits per heavy atom. The van der Waals surface area contributed by atoms with Crippen LogP contribution in [-0.4, -0.2) is 54.3 Å². The molecule has 42 heavy (non-hydrogen) atoms. The summed E-state index contributed by atoms with van der Waals surface area (Å²) in [6.45, 7) is 8.42. The molecule has 0 amide bonds. The number of hydrogen-bond acceptors (Lipinski definition) is 6. The zero-order valence-corrected chi connectivity index (χ0v) is 24.9. The summed E-state index contributed by atoms with van der Waals surface area (Å²) in [4.78, 5) is 19.7. The molecule has 3 aromatic rings. The van der Waals surface area contributed by atoms with E-state index in [0.717, 1.165) is 106 Å². The molecule has 5 rings (SSSR count). The topological polar surface area (TPSA) is 60.9 Å². The van der Waals surface area contributed by atoms with Gasteiger partial charge in [0, 0.05) is 43.4 Å². The van der Waals surface area contributed by atoms with Crippen LogP contribution in [0.3, 0.4) is 0 Å². The fourth-order valence-corrected chi connectivity index (χ4v) is 6.06. The van der Waals surface area contributed by atoms with Gasteiger partial charge in [-0.3, -0.25) is 14.7 Å². The Hall–Kier alpha value is -3.29. The smallest absolute Gasteiger partial charge is 0.311 e. The Kier molecular flexibility index (Phi) is 10.2. The first-order valence-electron chi connectivity index (χ1n) is 15.4. The number of hydrogen-bond donors (Lipinski definition) is 0. The minimum atomic E-state index is -0.367. The highest BCUT2D eigenvalue weighted by atomic mass is 19.1. The second-order valence-electron chi connectivity index (χ2n) is 12.1. The second kappa shape index (κ2) is 14.3. The van der Waals surface area contributed by atoms with E-state index in [1.165, 1.54) is 12.1 Å². The van der Waals surface area contributed by atoms with Crippen molar-refractivity contribution < 1.29 is 23.4 Å². The maximum Gasteiger partial charge on any atom is 0.311 e. The fraction of sp³-hybridized carbons (Fsp3) is 0.486. The number of fused-ring (bicyclic) bond motifs is 1. The molecule has 0 bridgehead atoms. The lowest BCUT2D eigenvalue weighted by atomic mass is 9.79. The Morgan fingerprint density at radius 3 is 2.43 bits per heavy atom. The van der Waals surface area contributed by atoms with Crippen molar-refractivity contribution in [2.75, 3.05) is 32.8 Å². The summed E-state index contributed by atoms with van der Waals surface area (Å²) >= 11 is 0. The van der Waals surface area contributed by atoms with Crippen molar-refractivity contribution in [3.05, 3.63) is 89.0 Å². The van der Waals surface area contributed by atoms with Crippen LogP contribution in [0.1, 0.15) is 80.5 Å². The summed E-state index contributed by atoms with van der Waals surface area (Å²) in [6, 6.07) is 15.0. The number of ether oxygens (including phenoxy) is 3. The van der Waals surface area contributed by atoms with E-state index in [0.29, 0.717) is 12.2 Å². The van der Waals surface area contributed by atoms with Crippen molar-refractivity contribution in [1.82, 2.24) is 9.88 Å². The predicted octanol–water partition coefficient (Wildman–Crippen LogP) is 6.89. The first-order chi connectivity index (χ1) is 20.4. The van der Waals surface area contributed by atoms with Crippen LogP contribution in [0.15, 0.2) is 60.9 Å². The number of morpholine rings is 1. The average Bonchev–Trinajstić information content (AvgIpc) is 2.98. The zero-order chi connectivity index (χ0) is 29.4. The third kappa shape index (κ3) is 8.39.